The Hall–Kier alpha value is -1.49. The molecule has 1 N–H and O–H groups in total. The van der Waals surface area contributed by atoms with Gasteiger partial charge in [0.25, 0.3) is 0 Å². The molecule has 0 fully saturated rings. The van der Waals surface area contributed by atoms with Gasteiger partial charge < -0.3 is 5.32 Å². The van der Waals surface area contributed by atoms with E-state index in [1.54, 1.807) is 24.8 Å². The first-order chi connectivity index (χ1) is 7.84. The third-order valence-corrected chi connectivity index (χ3v) is 2.50. The Balaban J connectivity index is 1.82. The molecule has 2 aromatic heterocycles. The summed E-state index contributed by atoms with van der Waals surface area (Å²) in [6.07, 6.45) is 7.93. The third-order valence-electron chi connectivity index (χ3n) is 2.09. The van der Waals surface area contributed by atoms with E-state index < -0.39 is 0 Å². The topological polar surface area (TPSA) is 50.7 Å². The number of anilines is 1. The van der Waals surface area contributed by atoms with E-state index in [1.165, 1.54) is 5.56 Å². The van der Waals surface area contributed by atoms with Gasteiger partial charge in [-0.05, 0) is 40.0 Å². The van der Waals surface area contributed by atoms with Gasteiger partial charge in [-0.15, -0.1) is 0 Å². The van der Waals surface area contributed by atoms with E-state index >= 15 is 0 Å². The molecular weight excluding hydrogens is 268 g/mol. The van der Waals surface area contributed by atoms with Crippen LogP contribution < -0.4 is 5.32 Å². The summed E-state index contributed by atoms with van der Waals surface area (Å²) in [5.74, 6) is 0.789. The fourth-order valence-corrected chi connectivity index (χ4v) is 1.49. The van der Waals surface area contributed by atoms with Gasteiger partial charge in [0.05, 0.1) is 12.4 Å². The Labute approximate surface area is 102 Å². The van der Waals surface area contributed by atoms with Gasteiger partial charge in [-0.2, -0.15) is 0 Å². The average Bonchev–Trinajstić information content (AvgIpc) is 2.33. The van der Waals surface area contributed by atoms with Crippen molar-refractivity contribution in [3.8, 4) is 0 Å². The quantitative estimate of drug-likeness (QED) is 0.933. The predicted molar refractivity (Wildman–Crippen MR) is 66.2 cm³/mol. The highest BCUT2D eigenvalue weighted by Crippen LogP contribution is 2.06. The van der Waals surface area contributed by atoms with Crippen LogP contribution in [-0.2, 0) is 6.42 Å². The number of nitrogens with one attached hydrogen (secondary N) is 1. The summed E-state index contributed by atoms with van der Waals surface area (Å²) in [4.78, 5) is 12.2. The van der Waals surface area contributed by atoms with E-state index in [9.17, 15) is 0 Å². The zero-order valence-corrected chi connectivity index (χ0v) is 10.2. The Morgan fingerprint density at radius 3 is 2.62 bits per heavy atom. The van der Waals surface area contributed by atoms with Crippen LogP contribution in [0, 0.1) is 0 Å². The maximum absolute atomic E-state index is 4.18. The van der Waals surface area contributed by atoms with Crippen LogP contribution in [0.4, 0.5) is 5.82 Å². The SMILES string of the molecule is Brc1cnc(NCCc2ccncc2)cn1. The van der Waals surface area contributed by atoms with Crippen LogP contribution in [0.25, 0.3) is 0 Å². The second-order valence-electron chi connectivity index (χ2n) is 3.26. The standard InChI is InChI=1S/C11H11BrN4/c12-10-7-16-11(8-15-10)14-6-3-9-1-4-13-5-2-9/h1-2,4-5,7-8H,3,6H2,(H,14,16). The van der Waals surface area contributed by atoms with Gasteiger partial charge in [-0.3, -0.25) is 4.98 Å². The highest BCUT2D eigenvalue weighted by atomic mass is 79.9. The second kappa shape index (κ2) is 5.55. The zero-order valence-electron chi connectivity index (χ0n) is 8.60. The van der Waals surface area contributed by atoms with Crippen LogP contribution in [0.3, 0.4) is 0 Å². The Bertz CT molecular complexity index is 429. The Kier molecular flexibility index (Phi) is 3.82. The maximum Gasteiger partial charge on any atom is 0.144 e. The summed E-state index contributed by atoms with van der Waals surface area (Å²) in [6.45, 7) is 0.834. The molecule has 2 heterocycles. The monoisotopic (exact) mass is 278 g/mol. The molecule has 5 heteroatoms. The van der Waals surface area contributed by atoms with Gasteiger partial charge in [0.15, 0.2) is 0 Å². The molecular formula is C11H11BrN4. The fourth-order valence-electron chi connectivity index (χ4n) is 1.29. The van der Waals surface area contributed by atoms with Gasteiger partial charge in [0.1, 0.15) is 10.4 Å². The summed E-state index contributed by atoms with van der Waals surface area (Å²) < 4.78 is 0.743. The normalized spacial score (nSPS) is 10.1. The molecule has 0 saturated carbocycles. The minimum Gasteiger partial charge on any atom is -0.368 e. The minimum absolute atomic E-state index is 0.743. The molecule has 0 amide bonds. The first-order valence-electron chi connectivity index (χ1n) is 4.95. The van der Waals surface area contributed by atoms with Crippen LogP contribution in [-0.4, -0.2) is 21.5 Å². The van der Waals surface area contributed by atoms with E-state index in [2.05, 4.69) is 36.2 Å². The first-order valence-corrected chi connectivity index (χ1v) is 5.74. The van der Waals surface area contributed by atoms with E-state index in [-0.39, 0.29) is 0 Å². The molecule has 2 rings (SSSR count). The van der Waals surface area contributed by atoms with Crippen molar-refractivity contribution in [2.24, 2.45) is 0 Å². The summed E-state index contributed by atoms with van der Waals surface area (Å²) >= 11 is 3.24. The number of hydrogen-bond acceptors (Lipinski definition) is 4. The fraction of sp³-hybridized carbons (Fsp3) is 0.182. The smallest absolute Gasteiger partial charge is 0.144 e. The molecule has 0 spiro atoms. The number of pyridine rings is 1. The molecule has 0 atom stereocenters. The average molecular weight is 279 g/mol. The highest BCUT2D eigenvalue weighted by molar-refractivity contribution is 9.10. The molecule has 16 heavy (non-hydrogen) atoms. The molecule has 0 unspecified atom stereocenters. The lowest BCUT2D eigenvalue weighted by Crippen LogP contribution is -2.06. The van der Waals surface area contributed by atoms with Gasteiger partial charge in [0, 0.05) is 18.9 Å². The number of aromatic nitrogens is 3. The molecule has 0 aliphatic carbocycles. The van der Waals surface area contributed by atoms with Crippen LogP contribution >= 0.6 is 15.9 Å². The Morgan fingerprint density at radius 1 is 1.12 bits per heavy atom. The van der Waals surface area contributed by atoms with Gasteiger partial charge >= 0.3 is 0 Å². The molecule has 0 radical (unpaired) electrons. The van der Waals surface area contributed by atoms with Crippen molar-refractivity contribution in [1.29, 1.82) is 0 Å². The number of halogens is 1. The highest BCUT2D eigenvalue weighted by Gasteiger charge is 1.95. The van der Waals surface area contributed by atoms with Crippen molar-refractivity contribution < 1.29 is 0 Å². The summed E-state index contributed by atoms with van der Waals surface area (Å²) in [6, 6.07) is 4.02. The molecule has 0 saturated heterocycles. The van der Waals surface area contributed by atoms with Crippen molar-refractivity contribution in [1.82, 2.24) is 15.0 Å². The zero-order chi connectivity index (χ0) is 11.2. The summed E-state index contributed by atoms with van der Waals surface area (Å²) in [7, 11) is 0. The molecule has 82 valence electrons. The Morgan fingerprint density at radius 2 is 1.94 bits per heavy atom. The van der Waals surface area contributed by atoms with Crippen LogP contribution in [0.5, 0.6) is 0 Å². The van der Waals surface area contributed by atoms with Crippen molar-refractivity contribution in [2.75, 3.05) is 11.9 Å². The lowest BCUT2D eigenvalue weighted by Gasteiger charge is -2.04. The van der Waals surface area contributed by atoms with Crippen molar-refractivity contribution in [3.63, 3.8) is 0 Å². The number of nitrogens with zero attached hydrogens (tertiary/aromatic N) is 3. The first kappa shape index (κ1) is 11.0. The van der Waals surface area contributed by atoms with Gasteiger partial charge in [-0.25, -0.2) is 9.97 Å². The molecule has 4 nitrogen and oxygen atoms in total. The van der Waals surface area contributed by atoms with Gasteiger partial charge in [0.2, 0.25) is 0 Å². The van der Waals surface area contributed by atoms with Crippen molar-refractivity contribution >= 4 is 21.7 Å². The van der Waals surface area contributed by atoms with E-state index in [4.69, 9.17) is 0 Å². The molecule has 0 aliphatic heterocycles. The van der Waals surface area contributed by atoms with Gasteiger partial charge in [-0.1, -0.05) is 0 Å². The summed E-state index contributed by atoms with van der Waals surface area (Å²) in [5.41, 5.74) is 1.26. The minimum atomic E-state index is 0.743. The number of rotatable bonds is 4. The molecule has 0 aromatic carbocycles. The van der Waals surface area contributed by atoms with Crippen molar-refractivity contribution in [3.05, 3.63) is 47.1 Å². The van der Waals surface area contributed by atoms with Crippen LogP contribution in [0.2, 0.25) is 0 Å². The lowest BCUT2D eigenvalue weighted by atomic mass is 10.2. The number of hydrogen-bond donors (Lipinski definition) is 1. The molecule has 0 bridgehead atoms. The predicted octanol–water partition coefficient (Wildman–Crippen LogP) is 2.29. The lowest BCUT2D eigenvalue weighted by molar-refractivity contribution is 0.992. The third kappa shape index (κ3) is 3.27. The van der Waals surface area contributed by atoms with E-state index in [1.807, 2.05) is 12.1 Å². The van der Waals surface area contributed by atoms with Crippen LogP contribution in [0.1, 0.15) is 5.56 Å². The van der Waals surface area contributed by atoms with Crippen LogP contribution in [0.15, 0.2) is 41.5 Å². The van der Waals surface area contributed by atoms with E-state index in [0.29, 0.717) is 0 Å². The molecule has 2 aromatic rings. The second-order valence-corrected chi connectivity index (χ2v) is 4.07. The molecule has 0 aliphatic rings. The van der Waals surface area contributed by atoms with Crippen molar-refractivity contribution in [2.45, 2.75) is 6.42 Å². The van der Waals surface area contributed by atoms with E-state index in [0.717, 1.165) is 23.4 Å². The largest absolute Gasteiger partial charge is 0.368 e. The summed E-state index contributed by atoms with van der Waals surface area (Å²) in [5, 5.41) is 3.21. The maximum atomic E-state index is 4.18.